The van der Waals surface area contributed by atoms with Crippen LogP contribution < -0.4 is 5.32 Å². The van der Waals surface area contributed by atoms with Crippen LogP contribution in [0, 0.1) is 6.92 Å². The van der Waals surface area contributed by atoms with Crippen LogP contribution in [-0.4, -0.2) is 21.1 Å². The van der Waals surface area contributed by atoms with Crippen molar-refractivity contribution in [2.24, 2.45) is 0 Å². The SMILES string of the molecule is Cc1ncsc1/C=C/c1n[nH]c2cc(/C=C3/C(=O)Nc4ccccc43)ccc12. The van der Waals surface area contributed by atoms with Crippen molar-refractivity contribution < 1.29 is 4.79 Å². The number of hydrogen-bond acceptors (Lipinski definition) is 4. The van der Waals surface area contributed by atoms with E-state index in [2.05, 4.69) is 20.5 Å². The van der Waals surface area contributed by atoms with E-state index in [0.29, 0.717) is 5.57 Å². The van der Waals surface area contributed by atoms with Crippen LogP contribution in [-0.2, 0) is 4.79 Å². The summed E-state index contributed by atoms with van der Waals surface area (Å²) in [6.45, 7) is 2.00. The zero-order valence-corrected chi connectivity index (χ0v) is 15.9. The molecule has 0 aliphatic carbocycles. The second kappa shape index (κ2) is 6.58. The average Bonchev–Trinajstić information content (AvgIpc) is 3.38. The van der Waals surface area contributed by atoms with Crippen LogP contribution >= 0.6 is 11.3 Å². The maximum absolute atomic E-state index is 12.3. The number of amides is 1. The van der Waals surface area contributed by atoms with Crippen molar-refractivity contribution in [3.05, 3.63) is 75.4 Å². The number of benzene rings is 2. The van der Waals surface area contributed by atoms with Crippen molar-refractivity contribution in [1.82, 2.24) is 15.2 Å². The molecule has 5 rings (SSSR count). The van der Waals surface area contributed by atoms with Crippen molar-refractivity contribution in [2.75, 3.05) is 5.32 Å². The lowest BCUT2D eigenvalue weighted by atomic mass is 10.0. The van der Waals surface area contributed by atoms with Gasteiger partial charge >= 0.3 is 0 Å². The van der Waals surface area contributed by atoms with E-state index in [0.717, 1.165) is 44.0 Å². The lowest BCUT2D eigenvalue weighted by Crippen LogP contribution is -2.03. The molecule has 0 atom stereocenters. The molecular weight excluding hydrogens is 368 g/mol. The first-order valence-electron chi connectivity index (χ1n) is 8.88. The highest BCUT2D eigenvalue weighted by molar-refractivity contribution is 7.10. The molecule has 0 saturated carbocycles. The molecule has 2 aromatic heterocycles. The summed E-state index contributed by atoms with van der Waals surface area (Å²) in [6.07, 6.45) is 5.95. The van der Waals surface area contributed by atoms with Gasteiger partial charge in [-0.1, -0.05) is 24.3 Å². The third kappa shape index (κ3) is 2.84. The van der Waals surface area contributed by atoms with Crippen LogP contribution in [0.3, 0.4) is 0 Å². The molecule has 5 nitrogen and oxygen atoms in total. The van der Waals surface area contributed by atoms with Crippen LogP contribution in [0.15, 0.2) is 48.0 Å². The number of aromatic nitrogens is 3. The van der Waals surface area contributed by atoms with Crippen LogP contribution in [0.25, 0.3) is 34.7 Å². The molecule has 28 heavy (non-hydrogen) atoms. The van der Waals surface area contributed by atoms with E-state index in [4.69, 9.17) is 0 Å². The molecule has 1 amide bonds. The molecule has 0 spiro atoms. The van der Waals surface area contributed by atoms with E-state index >= 15 is 0 Å². The number of fused-ring (bicyclic) bond motifs is 2. The summed E-state index contributed by atoms with van der Waals surface area (Å²) in [5, 5.41) is 11.4. The summed E-state index contributed by atoms with van der Waals surface area (Å²) >= 11 is 1.61. The Kier molecular flexibility index (Phi) is 3.91. The zero-order valence-electron chi connectivity index (χ0n) is 15.1. The van der Waals surface area contributed by atoms with Gasteiger partial charge in [0, 0.05) is 27.1 Å². The van der Waals surface area contributed by atoms with Crippen molar-refractivity contribution in [2.45, 2.75) is 6.92 Å². The first-order chi connectivity index (χ1) is 13.7. The van der Waals surface area contributed by atoms with Gasteiger partial charge in [0.25, 0.3) is 5.91 Å². The molecule has 4 aromatic rings. The third-order valence-electron chi connectivity index (χ3n) is 4.81. The number of nitrogens with one attached hydrogen (secondary N) is 2. The molecule has 2 aromatic carbocycles. The number of H-pyrrole nitrogens is 1. The molecule has 0 radical (unpaired) electrons. The number of carbonyl (C=O) groups excluding carboxylic acids is 1. The smallest absolute Gasteiger partial charge is 0.256 e. The van der Waals surface area contributed by atoms with Gasteiger partial charge in [0.2, 0.25) is 0 Å². The van der Waals surface area contributed by atoms with E-state index in [1.54, 1.807) is 11.3 Å². The van der Waals surface area contributed by atoms with E-state index < -0.39 is 0 Å². The lowest BCUT2D eigenvalue weighted by molar-refractivity contribution is -0.110. The molecule has 6 heteroatoms. The molecular formula is C22H16N4OS. The van der Waals surface area contributed by atoms with Crippen molar-refractivity contribution in [1.29, 1.82) is 0 Å². The fourth-order valence-corrected chi connectivity index (χ4v) is 4.04. The maximum Gasteiger partial charge on any atom is 0.256 e. The summed E-state index contributed by atoms with van der Waals surface area (Å²) in [5.74, 6) is -0.0746. The molecule has 3 heterocycles. The Balaban J connectivity index is 1.50. The second-order valence-electron chi connectivity index (χ2n) is 6.61. The Morgan fingerprint density at radius 1 is 1.11 bits per heavy atom. The number of nitrogens with zero attached hydrogens (tertiary/aromatic N) is 2. The van der Waals surface area contributed by atoms with Gasteiger partial charge in [-0.2, -0.15) is 5.10 Å². The van der Waals surface area contributed by atoms with Crippen LogP contribution in [0.4, 0.5) is 5.69 Å². The average molecular weight is 384 g/mol. The lowest BCUT2D eigenvalue weighted by Gasteiger charge is -1.99. The number of anilines is 1. The van der Waals surface area contributed by atoms with E-state index in [9.17, 15) is 4.79 Å². The molecule has 0 bridgehead atoms. The summed E-state index contributed by atoms with van der Waals surface area (Å²) in [6, 6.07) is 13.8. The van der Waals surface area contributed by atoms with Gasteiger partial charge in [-0.25, -0.2) is 4.98 Å². The van der Waals surface area contributed by atoms with Gasteiger partial charge in [-0.15, -0.1) is 11.3 Å². The van der Waals surface area contributed by atoms with Gasteiger partial charge in [0.05, 0.1) is 22.4 Å². The minimum Gasteiger partial charge on any atom is -0.321 e. The highest BCUT2D eigenvalue weighted by atomic mass is 32.1. The Hall–Kier alpha value is -3.51. The molecule has 0 fully saturated rings. The summed E-state index contributed by atoms with van der Waals surface area (Å²) in [7, 11) is 0. The van der Waals surface area contributed by atoms with E-state index in [-0.39, 0.29) is 5.91 Å². The minimum atomic E-state index is -0.0746. The summed E-state index contributed by atoms with van der Waals surface area (Å²) in [5.41, 5.74) is 8.09. The van der Waals surface area contributed by atoms with Crippen molar-refractivity contribution in [3.8, 4) is 0 Å². The van der Waals surface area contributed by atoms with Gasteiger partial charge in [0.1, 0.15) is 0 Å². The zero-order chi connectivity index (χ0) is 19.1. The van der Waals surface area contributed by atoms with Crippen LogP contribution in [0.2, 0.25) is 0 Å². The number of aromatic amines is 1. The van der Waals surface area contributed by atoms with Gasteiger partial charge in [-0.3, -0.25) is 9.89 Å². The Labute approximate surface area is 165 Å². The third-order valence-corrected chi connectivity index (χ3v) is 5.71. The predicted molar refractivity (Wildman–Crippen MR) is 115 cm³/mol. The normalized spacial score (nSPS) is 14.9. The van der Waals surface area contributed by atoms with Crippen molar-refractivity contribution >= 4 is 57.6 Å². The standard InChI is InChI=1S/C22H16N4OS/c1-13-21(28-12-23-13)9-8-19-16-7-6-14(11-20(16)26-25-19)10-17-15-4-2-3-5-18(15)24-22(17)27/h2-12H,1H3,(H,24,27)(H,25,26)/b9-8+,17-10+. The van der Waals surface area contributed by atoms with Gasteiger partial charge < -0.3 is 5.32 Å². The van der Waals surface area contributed by atoms with E-state index in [1.165, 1.54) is 0 Å². The quantitative estimate of drug-likeness (QED) is 0.489. The molecule has 1 aliphatic heterocycles. The maximum atomic E-state index is 12.3. The summed E-state index contributed by atoms with van der Waals surface area (Å²) in [4.78, 5) is 17.7. The highest BCUT2D eigenvalue weighted by Crippen LogP contribution is 2.33. The summed E-state index contributed by atoms with van der Waals surface area (Å²) < 4.78 is 0. The molecule has 1 aliphatic rings. The number of aryl methyl sites for hydroxylation is 1. The molecule has 2 N–H and O–H groups in total. The Morgan fingerprint density at radius 3 is 2.86 bits per heavy atom. The fourth-order valence-electron chi connectivity index (χ4n) is 3.35. The molecule has 136 valence electrons. The van der Waals surface area contributed by atoms with Crippen LogP contribution in [0.1, 0.15) is 27.4 Å². The first kappa shape index (κ1) is 16.6. The predicted octanol–water partition coefficient (Wildman–Crippen LogP) is 4.99. The monoisotopic (exact) mass is 384 g/mol. The Bertz CT molecular complexity index is 1280. The number of carbonyl (C=O) groups is 1. The number of para-hydroxylation sites is 1. The van der Waals surface area contributed by atoms with Crippen LogP contribution in [0.5, 0.6) is 0 Å². The highest BCUT2D eigenvalue weighted by Gasteiger charge is 2.23. The number of hydrogen-bond donors (Lipinski definition) is 2. The second-order valence-corrected chi connectivity index (χ2v) is 7.49. The first-order valence-corrected chi connectivity index (χ1v) is 9.76. The van der Waals surface area contributed by atoms with E-state index in [1.807, 2.05) is 73.1 Å². The topological polar surface area (TPSA) is 70.7 Å². The van der Waals surface area contributed by atoms with Crippen molar-refractivity contribution in [3.63, 3.8) is 0 Å². The Morgan fingerprint density at radius 2 is 2.00 bits per heavy atom. The number of rotatable bonds is 3. The molecule has 0 saturated heterocycles. The van der Waals surface area contributed by atoms with Gasteiger partial charge in [-0.05, 0) is 48.9 Å². The molecule has 0 unspecified atom stereocenters. The number of thiazole rings is 1. The largest absolute Gasteiger partial charge is 0.321 e. The van der Waals surface area contributed by atoms with Gasteiger partial charge in [0.15, 0.2) is 0 Å². The minimum absolute atomic E-state index is 0.0746. The fraction of sp³-hybridized carbons (Fsp3) is 0.0455.